The van der Waals surface area contributed by atoms with E-state index in [0.717, 1.165) is 45.8 Å². The molecule has 2 fully saturated rings. The van der Waals surface area contributed by atoms with Gasteiger partial charge in [-0.25, -0.2) is 0 Å². The first kappa shape index (κ1) is 15.2. The molecule has 20 heavy (non-hydrogen) atoms. The summed E-state index contributed by atoms with van der Waals surface area (Å²) in [5, 5.41) is 5.72. The maximum atomic E-state index is 12.4. The molecule has 1 unspecified atom stereocenters. The van der Waals surface area contributed by atoms with Crippen LogP contribution in [0.5, 0.6) is 0 Å². The Morgan fingerprint density at radius 2 is 2.20 bits per heavy atom. The maximum Gasteiger partial charge on any atom is 0.241 e. The van der Waals surface area contributed by atoms with Gasteiger partial charge in [-0.1, -0.05) is 0 Å². The fourth-order valence-electron chi connectivity index (χ4n) is 2.60. The molecule has 0 saturated carbocycles. The van der Waals surface area contributed by atoms with E-state index in [1.807, 2.05) is 4.90 Å². The number of piperazine rings is 1. The highest BCUT2D eigenvalue weighted by molar-refractivity contribution is 5.86. The van der Waals surface area contributed by atoms with E-state index in [-0.39, 0.29) is 24.4 Å². The molecule has 2 rings (SSSR count). The van der Waals surface area contributed by atoms with Gasteiger partial charge in [0.2, 0.25) is 11.8 Å². The van der Waals surface area contributed by atoms with Crippen LogP contribution in [0.15, 0.2) is 0 Å². The highest BCUT2D eigenvalue weighted by Crippen LogP contribution is 2.06. The van der Waals surface area contributed by atoms with Crippen LogP contribution in [-0.2, 0) is 14.3 Å². The summed E-state index contributed by atoms with van der Waals surface area (Å²) in [6.07, 6.45) is 0.981. The zero-order valence-electron chi connectivity index (χ0n) is 12.1. The molecule has 0 spiro atoms. The van der Waals surface area contributed by atoms with Gasteiger partial charge in [-0.05, 0) is 13.0 Å². The number of rotatable bonds is 4. The fourth-order valence-corrected chi connectivity index (χ4v) is 2.60. The largest absolute Gasteiger partial charge is 0.383 e. The first-order valence-corrected chi connectivity index (χ1v) is 7.21. The molecule has 0 bridgehead atoms. The third-order valence-electron chi connectivity index (χ3n) is 3.82. The van der Waals surface area contributed by atoms with Gasteiger partial charge < -0.3 is 15.0 Å². The number of carbonyl (C=O) groups excluding carboxylic acids is 2. The maximum absolute atomic E-state index is 12.4. The number of nitrogens with zero attached hydrogens (tertiary/aromatic N) is 2. The number of hydrogen-bond donors (Lipinski definition) is 2. The Labute approximate surface area is 119 Å². The van der Waals surface area contributed by atoms with Crippen molar-refractivity contribution in [2.24, 2.45) is 0 Å². The Morgan fingerprint density at radius 1 is 1.35 bits per heavy atom. The molecule has 0 aliphatic carbocycles. The summed E-state index contributed by atoms with van der Waals surface area (Å²) in [4.78, 5) is 27.7. The van der Waals surface area contributed by atoms with E-state index in [0.29, 0.717) is 6.54 Å². The number of methoxy groups -OCH3 is 1. The normalized spacial score (nSPS) is 25.1. The molecule has 2 amide bonds. The summed E-state index contributed by atoms with van der Waals surface area (Å²) in [6.45, 7) is 5.67. The van der Waals surface area contributed by atoms with E-state index >= 15 is 0 Å². The van der Waals surface area contributed by atoms with Crippen LogP contribution in [0.25, 0.3) is 0 Å². The van der Waals surface area contributed by atoms with Crippen molar-refractivity contribution in [3.8, 4) is 0 Å². The van der Waals surface area contributed by atoms with Crippen molar-refractivity contribution in [3.05, 3.63) is 0 Å². The number of ether oxygens (including phenoxy) is 1. The molecule has 2 aliphatic heterocycles. The number of amides is 2. The molecule has 2 saturated heterocycles. The molecule has 2 heterocycles. The van der Waals surface area contributed by atoms with Gasteiger partial charge in [0.25, 0.3) is 0 Å². The molecule has 0 aromatic heterocycles. The predicted octanol–water partition coefficient (Wildman–Crippen LogP) is -1.74. The lowest BCUT2D eigenvalue weighted by Crippen LogP contribution is -2.59. The molecule has 0 radical (unpaired) electrons. The van der Waals surface area contributed by atoms with E-state index in [1.54, 1.807) is 7.11 Å². The third-order valence-corrected chi connectivity index (χ3v) is 3.82. The molecule has 2 N–H and O–H groups in total. The van der Waals surface area contributed by atoms with Crippen LogP contribution in [0.2, 0.25) is 0 Å². The summed E-state index contributed by atoms with van der Waals surface area (Å²) in [7, 11) is 1.71. The lowest BCUT2D eigenvalue weighted by Gasteiger charge is -2.29. The standard InChI is InChI=1S/C13H24N4O3/c1-20-8-7-16-3-2-4-17(6-5-16)13(19)11-9-15-12(18)10-14-11/h11,14H,2-10H2,1H3,(H,15,18). The number of carbonyl (C=O) groups is 2. The lowest BCUT2D eigenvalue weighted by atomic mass is 10.2. The van der Waals surface area contributed by atoms with Gasteiger partial charge >= 0.3 is 0 Å². The Hall–Kier alpha value is -1.18. The van der Waals surface area contributed by atoms with Gasteiger partial charge in [-0.2, -0.15) is 0 Å². The van der Waals surface area contributed by atoms with Crippen LogP contribution < -0.4 is 10.6 Å². The van der Waals surface area contributed by atoms with Gasteiger partial charge in [0, 0.05) is 39.8 Å². The Balaban J connectivity index is 1.80. The summed E-state index contributed by atoms with van der Waals surface area (Å²) < 4.78 is 5.09. The van der Waals surface area contributed by atoms with Crippen molar-refractivity contribution >= 4 is 11.8 Å². The zero-order chi connectivity index (χ0) is 14.4. The number of nitrogens with one attached hydrogen (secondary N) is 2. The van der Waals surface area contributed by atoms with Crippen LogP contribution >= 0.6 is 0 Å². The monoisotopic (exact) mass is 284 g/mol. The molecular weight excluding hydrogens is 260 g/mol. The van der Waals surface area contributed by atoms with Crippen molar-refractivity contribution < 1.29 is 14.3 Å². The van der Waals surface area contributed by atoms with E-state index in [2.05, 4.69) is 15.5 Å². The minimum atomic E-state index is -0.279. The van der Waals surface area contributed by atoms with Gasteiger partial charge in [0.15, 0.2) is 0 Å². The quantitative estimate of drug-likeness (QED) is 0.641. The smallest absolute Gasteiger partial charge is 0.241 e. The Morgan fingerprint density at radius 3 is 2.90 bits per heavy atom. The zero-order valence-corrected chi connectivity index (χ0v) is 12.1. The van der Waals surface area contributed by atoms with Crippen LogP contribution in [0.1, 0.15) is 6.42 Å². The van der Waals surface area contributed by atoms with E-state index in [1.165, 1.54) is 0 Å². The average Bonchev–Trinajstić information content (AvgIpc) is 2.70. The highest BCUT2D eigenvalue weighted by Gasteiger charge is 2.28. The first-order valence-electron chi connectivity index (χ1n) is 7.21. The summed E-state index contributed by atoms with van der Waals surface area (Å²) in [5.41, 5.74) is 0. The van der Waals surface area contributed by atoms with E-state index in [9.17, 15) is 9.59 Å². The van der Waals surface area contributed by atoms with E-state index in [4.69, 9.17) is 4.74 Å². The van der Waals surface area contributed by atoms with Crippen molar-refractivity contribution in [1.29, 1.82) is 0 Å². The Kier molecular flexibility index (Phi) is 5.75. The summed E-state index contributed by atoms with van der Waals surface area (Å²) in [6, 6.07) is -0.279. The molecule has 2 aliphatic rings. The van der Waals surface area contributed by atoms with Crippen LogP contribution in [0.4, 0.5) is 0 Å². The second-order valence-corrected chi connectivity index (χ2v) is 5.25. The molecule has 0 aromatic carbocycles. The van der Waals surface area contributed by atoms with Gasteiger partial charge in [0.1, 0.15) is 6.04 Å². The second kappa shape index (κ2) is 7.56. The lowest BCUT2D eigenvalue weighted by molar-refractivity contribution is -0.134. The minimum Gasteiger partial charge on any atom is -0.383 e. The van der Waals surface area contributed by atoms with Crippen LogP contribution in [0.3, 0.4) is 0 Å². The summed E-state index contributed by atoms with van der Waals surface area (Å²) >= 11 is 0. The second-order valence-electron chi connectivity index (χ2n) is 5.25. The summed E-state index contributed by atoms with van der Waals surface area (Å²) in [5.74, 6) is 0.0502. The topological polar surface area (TPSA) is 73.9 Å². The number of hydrogen-bond acceptors (Lipinski definition) is 5. The van der Waals surface area contributed by atoms with Gasteiger partial charge in [-0.15, -0.1) is 0 Å². The molecular formula is C13H24N4O3. The fraction of sp³-hybridized carbons (Fsp3) is 0.846. The predicted molar refractivity (Wildman–Crippen MR) is 74.3 cm³/mol. The Bertz CT molecular complexity index is 341. The molecule has 0 aromatic rings. The van der Waals surface area contributed by atoms with Crippen molar-refractivity contribution in [3.63, 3.8) is 0 Å². The van der Waals surface area contributed by atoms with Gasteiger partial charge in [-0.3, -0.25) is 19.8 Å². The van der Waals surface area contributed by atoms with Crippen LogP contribution in [0, 0.1) is 0 Å². The molecule has 1 atom stereocenters. The van der Waals surface area contributed by atoms with Crippen molar-refractivity contribution in [2.45, 2.75) is 12.5 Å². The molecule has 7 nitrogen and oxygen atoms in total. The minimum absolute atomic E-state index is 0.0457. The average molecular weight is 284 g/mol. The first-order chi connectivity index (χ1) is 9.70. The SMILES string of the molecule is COCCN1CCCN(C(=O)C2CNC(=O)CN2)CC1. The molecule has 7 heteroatoms. The highest BCUT2D eigenvalue weighted by atomic mass is 16.5. The molecule has 114 valence electrons. The van der Waals surface area contributed by atoms with Gasteiger partial charge in [0.05, 0.1) is 13.2 Å². The third kappa shape index (κ3) is 4.16. The van der Waals surface area contributed by atoms with E-state index < -0.39 is 0 Å². The van der Waals surface area contributed by atoms with Crippen molar-refractivity contribution in [1.82, 2.24) is 20.4 Å². The van der Waals surface area contributed by atoms with Crippen molar-refractivity contribution in [2.75, 3.05) is 59.5 Å². The van der Waals surface area contributed by atoms with Crippen LogP contribution in [-0.4, -0.2) is 87.2 Å².